The predicted molar refractivity (Wildman–Crippen MR) is 93.5 cm³/mol. The van der Waals surface area contributed by atoms with Crippen LogP contribution < -0.4 is 5.32 Å². The number of thiazole rings is 1. The monoisotopic (exact) mass is 346 g/mol. The molecule has 6 nitrogen and oxygen atoms in total. The van der Waals surface area contributed by atoms with Gasteiger partial charge in [-0.15, -0.1) is 11.3 Å². The van der Waals surface area contributed by atoms with Crippen molar-refractivity contribution in [1.29, 1.82) is 0 Å². The van der Waals surface area contributed by atoms with Gasteiger partial charge in [0.05, 0.1) is 11.4 Å². The van der Waals surface area contributed by atoms with Crippen LogP contribution in [0.25, 0.3) is 4.96 Å². The average molecular weight is 346 g/mol. The number of carbonyl (C=O) groups excluding carboxylic acids is 1. The van der Waals surface area contributed by atoms with Gasteiger partial charge in [-0.05, 0) is 27.2 Å². The van der Waals surface area contributed by atoms with Crippen LogP contribution in [0.4, 0.5) is 0 Å². The third kappa shape index (κ3) is 3.36. The molecule has 0 saturated carbocycles. The van der Waals surface area contributed by atoms with E-state index in [9.17, 15) is 4.79 Å². The first-order chi connectivity index (χ1) is 11.5. The highest BCUT2D eigenvalue weighted by Crippen LogP contribution is 2.22. The molecule has 3 rings (SSSR count). The first kappa shape index (κ1) is 16.7. The maximum atomic E-state index is 12.2. The second-order valence-electron chi connectivity index (χ2n) is 6.20. The molecule has 0 spiro atoms. The molecule has 0 radical (unpaired) electrons. The van der Waals surface area contributed by atoms with Crippen LogP contribution in [0.3, 0.4) is 0 Å². The topological polar surface area (TPSA) is 72.4 Å². The zero-order chi connectivity index (χ0) is 17.3. The van der Waals surface area contributed by atoms with Crippen molar-refractivity contribution in [2.75, 3.05) is 6.54 Å². The van der Waals surface area contributed by atoms with Crippen molar-refractivity contribution in [3.63, 3.8) is 0 Å². The van der Waals surface area contributed by atoms with Gasteiger partial charge < -0.3 is 9.84 Å². The molecule has 1 atom stereocenters. The van der Waals surface area contributed by atoms with Crippen LogP contribution in [0.2, 0.25) is 0 Å². The van der Waals surface area contributed by atoms with Gasteiger partial charge in [0.25, 0.3) is 0 Å². The van der Waals surface area contributed by atoms with E-state index in [1.54, 1.807) is 11.3 Å². The van der Waals surface area contributed by atoms with Gasteiger partial charge in [0.15, 0.2) is 4.96 Å². The summed E-state index contributed by atoms with van der Waals surface area (Å²) in [5, 5.41) is 9.05. The minimum Gasteiger partial charge on any atom is -0.361 e. The van der Waals surface area contributed by atoms with E-state index in [2.05, 4.69) is 32.2 Å². The largest absolute Gasteiger partial charge is 0.361 e. The summed E-state index contributed by atoms with van der Waals surface area (Å²) in [5.74, 6) is 1.07. The fourth-order valence-corrected chi connectivity index (χ4v) is 3.97. The highest BCUT2D eigenvalue weighted by atomic mass is 32.1. The average Bonchev–Trinajstić information content (AvgIpc) is 3.17. The molecule has 3 aromatic rings. The third-order valence-electron chi connectivity index (χ3n) is 4.20. The summed E-state index contributed by atoms with van der Waals surface area (Å²) in [6.45, 7) is 8.47. The van der Waals surface area contributed by atoms with Crippen molar-refractivity contribution in [3.8, 4) is 0 Å². The Kier molecular flexibility index (Phi) is 4.71. The maximum absolute atomic E-state index is 12.2. The number of hydrogen-bond donors (Lipinski definition) is 1. The molecule has 3 aromatic heterocycles. The minimum atomic E-state index is 0.0600. The number of nitrogens with zero attached hydrogens (tertiary/aromatic N) is 3. The van der Waals surface area contributed by atoms with Gasteiger partial charge in [0.2, 0.25) is 5.91 Å². The normalized spacial score (nSPS) is 12.7. The number of nitrogens with one attached hydrogen (secondary N) is 1. The second kappa shape index (κ2) is 6.76. The van der Waals surface area contributed by atoms with Crippen molar-refractivity contribution in [2.45, 2.75) is 46.5 Å². The van der Waals surface area contributed by atoms with E-state index < -0.39 is 0 Å². The number of fused-ring (bicyclic) bond motifs is 1. The molecule has 0 fully saturated rings. The number of hydrogen-bond acceptors (Lipinski definition) is 5. The van der Waals surface area contributed by atoms with E-state index in [-0.39, 0.29) is 11.8 Å². The summed E-state index contributed by atoms with van der Waals surface area (Å²) in [6.07, 6.45) is 3.19. The lowest BCUT2D eigenvalue weighted by atomic mass is 9.99. The van der Waals surface area contributed by atoms with Crippen LogP contribution in [-0.4, -0.2) is 27.0 Å². The van der Waals surface area contributed by atoms with Crippen LogP contribution in [0.5, 0.6) is 0 Å². The third-order valence-corrected chi connectivity index (χ3v) is 5.09. The van der Waals surface area contributed by atoms with Gasteiger partial charge in [-0.25, -0.2) is 4.98 Å². The molecule has 3 heterocycles. The highest BCUT2D eigenvalue weighted by Gasteiger charge is 2.17. The molecule has 7 heteroatoms. The lowest BCUT2D eigenvalue weighted by molar-refractivity contribution is -0.121. The summed E-state index contributed by atoms with van der Waals surface area (Å²) in [6, 6.07) is 0. The molecule has 0 aliphatic carbocycles. The number of aryl methyl sites for hydroxylation is 4. The fourth-order valence-electron chi connectivity index (χ4n) is 3.01. The van der Waals surface area contributed by atoms with E-state index >= 15 is 0 Å². The first-order valence-corrected chi connectivity index (χ1v) is 8.95. The quantitative estimate of drug-likeness (QED) is 0.744. The molecule has 0 bridgehead atoms. The lowest BCUT2D eigenvalue weighted by Crippen LogP contribution is -2.28. The second-order valence-corrected chi connectivity index (χ2v) is 7.04. The number of imidazole rings is 1. The molecule has 0 aliphatic heterocycles. The van der Waals surface area contributed by atoms with Gasteiger partial charge in [0.1, 0.15) is 5.76 Å². The molecule has 0 unspecified atom stereocenters. The Hall–Kier alpha value is -2.15. The predicted octanol–water partition coefficient (Wildman–Crippen LogP) is 3.16. The molecule has 24 heavy (non-hydrogen) atoms. The molecule has 0 aromatic carbocycles. The Balaban J connectivity index is 1.52. The zero-order valence-electron chi connectivity index (χ0n) is 14.4. The van der Waals surface area contributed by atoms with Gasteiger partial charge in [-0.3, -0.25) is 9.20 Å². The van der Waals surface area contributed by atoms with Crippen LogP contribution in [-0.2, 0) is 11.2 Å². The Morgan fingerprint density at radius 2 is 2.21 bits per heavy atom. The van der Waals surface area contributed by atoms with E-state index in [1.165, 1.54) is 0 Å². The van der Waals surface area contributed by atoms with Crippen LogP contribution in [0.15, 0.2) is 16.1 Å². The lowest BCUT2D eigenvalue weighted by Gasteiger charge is -2.12. The molecular weight excluding hydrogens is 324 g/mol. The summed E-state index contributed by atoms with van der Waals surface area (Å²) >= 11 is 1.61. The summed E-state index contributed by atoms with van der Waals surface area (Å²) in [5.41, 5.74) is 4.11. The first-order valence-electron chi connectivity index (χ1n) is 8.07. The number of carbonyl (C=O) groups is 1. The van der Waals surface area contributed by atoms with E-state index in [0.717, 1.165) is 33.4 Å². The zero-order valence-corrected chi connectivity index (χ0v) is 15.2. The van der Waals surface area contributed by atoms with Gasteiger partial charge in [-0.1, -0.05) is 12.1 Å². The number of aromatic nitrogens is 3. The molecule has 1 amide bonds. The maximum Gasteiger partial charge on any atom is 0.220 e. The molecule has 1 N–H and O–H groups in total. The smallest absolute Gasteiger partial charge is 0.220 e. The number of amides is 1. The van der Waals surface area contributed by atoms with E-state index in [0.29, 0.717) is 19.4 Å². The van der Waals surface area contributed by atoms with Crippen molar-refractivity contribution >= 4 is 22.2 Å². The van der Waals surface area contributed by atoms with Crippen molar-refractivity contribution in [2.24, 2.45) is 0 Å². The van der Waals surface area contributed by atoms with Crippen LogP contribution in [0, 0.1) is 20.8 Å². The Morgan fingerprint density at radius 3 is 2.92 bits per heavy atom. The fraction of sp³-hybridized carbons (Fsp3) is 0.471. The van der Waals surface area contributed by atoms with Crippen molar-refractivity contribution < 1.29 is 9.32 Å². The summed E-state index contributed by atoms with van der Waals surface area (Å²) in [7, 11) is 0. The molecule has 0 aliphatic rings. The highest BCUT2D eigenvalue weighted by molar-refractivity contribution is 7.15. The number of rotatable bonds is 6. The molecular formula is C17H22N4O2S. The van der Waals surface area contributed by atoms with Crippen molar-refractivity contribution in [1.82, 2.24) is 19.9 Å². The van der Waals surface area contributed by atoms with Crippen molar-refractivity contribution in [3.05, 3.63) is 40.0 Å². The van der Waals surface area contributed by atoms with Gasteiger partial charge in [-0.2, -0.15) is 0 Å². The molecule has 0 saturated heterocycles. The summed E-state index contributed by atoms with van der Waals surface area (Å²) in [4.78, 5) is 17.6. The van der Waals surface area contributed by atoms with E-state index in [4.69, 9.17) is 4.52 Å². The van der Waals surface area contributed by atoms with Crippen LogP contribution in [0.1, 0.15) is 47.7 Å². The Bertz CT molecular complexity index is 842. The Labute approximate surface area is 144 Å². The van der Waals surface area contributed by atoms with E-state index in [1.807, 2.05) is 27.0 Å². The summed E-state index contributed by atoms with van der Waals surface area (Å²) < 4.78 is 7.26. The van der Waals surface area contributed by atoms with Gasteiger partial charge >= 0.3 is 0 Å². The van der Waals surface area contributed by atoms with Crippen LogP contribution >= 0.6 is 11.3 Å². The Morgan fingerprint density at radius 1 is 1.42 bits per heavy atom. The van der Waals surface area contributed by atoms with Gasteiger partial charge in [0, 0.05) is 41.7 Å². The minimum absolute atomic E-state index is 0.0600. The SMILES string of the molecule is Cc1cn2c(CCC(=O)NC[C@H](C)c3c(C)noc3C)csc2n1. The standard InChI is InChI=1S/C17H22N4O2S/c1-10(16-12(3)20-23-13(16)4)7-18-15(22)6-5-14-9-24-17-19-11(2)8-21(14)17/h8-10H,5-7H2,1-4H3,(H,18,22)/t10-/m0/s1. The molecule has 128 valence electrons.